The standard InChI is InChI=1S/C31H35F3N2O5/c1-2-40-28(29(37)38)22-24-15-17-25(18-16-24)41-21-20-36(19-9-8-12-23-10-4-3-5-11-23)30(39)35-27-14-7-6-13-26(27)31(32,33)34/h3-7,10-11,13-18,28H,2,8-9,12,19-22H2,1H3,(H,35,39)(H,37,38). The number of carboxylic acids is 1. The summed E-state index contributed by atoms with van der Waals surface area (Å²) in [7, 11) is 0. The Balaban J connectivity index is 1.60. The van der Waals surface area contributed by atoms with Gasteiger partial charge in [0, 0.05) is 19.6 Å². The van der Waals surface area contributed by atoms with Crippen molar-refractivity contribution in [3.05, 3.63) is 95.6 Å². The summed E-state index contributed by atoms with van der Waals surface area (Å²) in [5.41, 5.74) is 0.719. The number of halogens is 3. The van der Waals surface area contributed by atoms with Crippen LogP contribution >= 0.6 is 0 Å². The van der Waals surface area contributed by atoms with Crippen molar-refractivity contribution in [2.24, 2.45) is 0 Å². The number of para-hydroxylation sites is 1. The minimum atomic E-state index is -4.60. The first kappa shape index (κ1) is 31.5. The Morgan fingerprint density at radius 3 is 2.24 bits per heavy atom. The van der Waals surface area contributed by atoms with Crippen LogP contribution in [0.15, 0.2) is 78.9 Å². The summed E-state index contributed by atoms with van der Waals surface area (Å²) in [5, 5.41) is 11.7. The highest BCUT2D eigenvalue weighted by atomic mass is 19.4. The monoisotopic (exact) mass is 572 g/mol. The van der Waals surface area contributed by atoms with Crippen LogP contribution in [0.25, 0.3) is 0 Å². The fourth-order valence-corrected chi connectivity index (χ4v) is 4.25. The number of nitrogens with zero attached hydrogens (tertiary/aromatic N) is 1. The lowest BCUT2D eigenvalue weighted by atomic mass is 10.1. The Morgan fingerprint density at radius 1 is 0.902 bits per heavy atom. The number of benzene rings is 3. The van der Waals surface area contributed by atoms with Crippen molar-refractivity contribution >= 4 is 17.7 Å². The maximum Gasteiger partial charge on any atom is 0.418 e. The first-order valence-corrected chi connectivity index (χ1v) is 13.5. The molecule has 0 bridgehead atoms. The molecule has 0 spiro atoms. The summed E-state index contributed by atoms with van der Waals surface area (Å²) in [5.74, 6) is -0.518. The minimum Gasteiger partial charge on any atom is -0.492 e. The van der Waals surface area contributed by atoms with E-state index in [1.54, 1.807) is 31.2 Å². The molecule has 220 valence electrons. The van der Waals surface area contributed by atoms with E-state index in [1.165, 1.54) is 28.7 Å². The summed E-state index contributed by atoms with van der Waals surface area (Å²) in [4.78, 5) is 25.9. The molecule has 0 saturated carbocycles. The van der Waals surface area contributed by atoms with Crippen LogP contribution in [0, 0.1) is 0 Å². The first-order chi connectivity index (χ1) is 19.7. The summed E-state index contributed by atoms with van der Waals surface area (Å²) in [6.07, 6.45) is -3.06. The van der Waals surface area contributed by atoms with E-state index in [0.29, 0.717) is 18.7 Å². The number of unbranched alkanes of at least 4 members (excludes halogenated alkanes) is 1. The van der Waals surface area contributed by atoms with Gasteiger partial charge < -0.3 is 24.8 Å². The lowest BCUT2D eigenvalue weighted by Gasteiger charge is -2.24. The van der Waals surface area contributed by atoms with Crippen LogP contribution in [0.3, 0.4) is 0 Å². The van der Waals surface area contributed by atoms with Crippen LogP contribution in [0.1, 0.15) is 36.5 Å². The highest BCUT2D eigenvalue weighted by Gasteiger charge is 2.34. The SMILES string of the molecule is CCOC(Cc1ccc(OCCN(CCCCc2ccccc2)C(=O)Nc2ccccc2C(F)(F)F)cc1)C(=O)O. The van der Waals surface area contributed by atoms with E-state index >= 15 is 0 Å². The average molecular weight is 573 g/mol. The van der Waals surface area contributed by atoms with Gasteiger partial charge in [0.05, 0.1) is 17.8 Å². The first-order valence-electron chi connectivity index (χ1n) is 13.5. The van der Waals surface area contributed by atoms with E-state index in [0.717, 1.165) is 24.5 Å². The normalized spacial score (nSPS) is 12.0. The third kappa shape index (κ3) is 10.5. The van der Waals surface area contributed by atoms with Gasteiger partial charge in [0.15, 0.2) is 6.10 Å². The Kier molecular flexibility index (Phi) is 12.0. The van der Waals surface area contributed by atoms with Gasteiger partial charge in [-0.05, 0) is 61.6 Å². The fourth-order valence-electron chi connectivity index (χ4n) is 4.25. The number of carbonyl (C=O) groups is 2. The van der Waals surface area contributed by atoms with Gasteiger partial charge in [0.25, 0.3) is 0 Å². The molecule has 7 nitrogen and oxygen atoms in total. The second kappa shape index (κ2) is 15.7. The van der Waals surface area contributed by atoms with Crippen molar-refractivity contribution < 1.29 is 37.3 Å². The number of hydrogen-bond donors (Lipinski definition) is 2. The molecule has 2 amide bonds. The molecule has 2 N–H and O–H groups in total. The molecule has 1 unspecified atom stereocenters. The number of nitrogens with one attached hydrogen (secondary N) is 1. The van der Waals surface area contributed by atoms with Crippen LogP contribution in [-0.2, 0) is 28.5 Å². The molecular formula is C31H35F3N2O5. The molecule has 3 rings (SSSR count). The number of anilines is 1. The topological polar surface area (TPSA) is 88.1 Å². The van der Waals surface area contributed by atoms with Gasteiger partial charge in [-0.15, -0.1) is 0 Å². The van der Waals surface area contributed by atoms with Gasteiger partial charge in [0.2, 0.25) is 0 Å². The van der Waals surface area contributed by atoms with E-state index in [-0.39, 0.29) is 31.9 Å². The molecule has 0 aliphatic carbocycles. The van der Waals surface area contributed by atoms with Gasteiger partial charge in [-0.2, -0.15) is 13.2 Å². The predicted octanol–water partition coefficient (Wildman–Crippen LogP) is 6.67. The van der Waals surface area contributed by atoms with Gasteiger partial charge in [-0.3, -0.25) is 0 Å². The molecule has 0 heterocycles. The number of carboxylic acid groups (broad SMARTS) is 1. The molecular weight excluding hydrogens is 537 g/mol. The summed E-state index contributed by atoms with van der Waals surface area (Å²) in [6, 6.07) is 21.0. The van der Waals surface area contributed by atoms with Crippen molar-refractivity contribution in [1.29, 1.82) is 0 Å². The number of carbonyl (C=O) groups excluding carboxylic acids is 1. The number of amides is 2. The lowest BCUT2D eigenvalue weighted by molar-refractivity contribution is -0.150. The third-order valence-electron chi connectivity index (χ3n) is 6.37. The molecule has 0 aliphatic heterocycles. The van der Waals surface area contributed by atoms with E-state index in [1.807, 2.05) is 30.3 Å². The highest BCUT2D eigenvalue weighted by Crippen LogP contribution is 2.34. The van der Waals surface area contributed by atoms with E-state index < -0.39 is 29.8 Å². The van der Waals surface area contributed by atoms with Crippen molar-refractivity contribution in [2.45, 2.75) is 44.9 Å². The van der Waals surface area contributed by atoms with Crippen molar-refractivity contribution in [3.8, 4) is 5.75 Å². The van der Waals surface area contributed by atoms with Gasteiger partial charge in [-0.1, -0.05) is 54.6 Å². The number of aliphatic carboxylic acids is 1. The Morgan fingerprint density at radius 2 is 1.59 bits per heavy atom. The Labute approximate surface area is 237 Å². The summed E-state index contributed by atoms with van der Waals surface area (Å²) >= 11 is 0. The van der Waals surface area contributed by atoms with Gasteiger partial charge >= 0.3 is 18.2 Å². The molecule has 41 heavy (non-hydrogen) atoms. The van der Waals surface area contributed by atoms with Crippen LogP contribution in [0.4, 0.5) is 23.7 Å². The predicted molar refractivity (Wildman–Crippen MR) is 150 cm³/mol. The zero-order chi connectivity index (χ0) is 29.7. The molecule has 3 aromatic carbocycles. The molecule has 0 fully saturated rings. The van der Waals surface area contributed by atoms with Crippen LogP contribution < -0.4 is 10.1 Å². The van der Waals surface area contributed by atoms with Gasteiger partial charge in [0.1, 0.15) is 12.4 Å². The second-order valence-electron chi connectivity index (χ2n) is 9.38. The molecule has 0 aromatic heterocycles. The van der Waals surface area contributed by atoms with E-state index in [4.69, 9.17) is 9.47 Å². The number of rotatable bonds is 15. The molecule has 1 atom stereocenters. The quantitative estimate of drug-likeness (QED) is 0.199. The highest BCUT2D eigenvalue weighted by molar-refractivity contribution is 5.90. The zero-order valence-electron chi connectivity index (χ0n) is 22.9. The summed E-state index contributed by atoms with van der Waals surface area (Å²) in [6.45, 7) is 2.62. The number of alkyl halides is 3. The minimum absolute atomic E-state index is 0.114. The van der Waals surface area contributed by atoms with Crippen molar-refractivity contribution in [1.82, 2.24) is 4.90 Å². The molecule has 0 radical (unpaired) electrons. The maximum absolute atomic E-state index is 13.5. The molecule has 0 saturated heterocycles. The van der Waals surface area contributed by atoms with Gasteiger partial charge in [-0.25, -0.2) is 9.59 Å². The van der Waals surface area contributed by atoms with Crippen molar-refractivity contribution in [2.75, 3.05) is 31.6 Å². The molecule has 3 aromatic rings. The third-order valence-corrected chi connectivity index (χ3v) is 6.37. The van der Waals surface area contributed by atoms with Crippen LogP contribution in [-0.4, -0.2) is 54.4 Å². The Bertz CT molecular complexity index is 1240. The zero-order valence-corrected chi connectivity index (χ0v) is 22.9. The Hall–Kier alpha value is -4.05. The molecule has 10 heteroatoms. The fraction of sp³-hybridized carbons (Fsp3) is 0.355. The largest absolute Gasteiger partial charge is 0.492 e. The van der Waals surface area contributed by atoms with Crippen LogP contribution in [0.2, 0.25) is 0 Å². The lowest BCUT2D eigenvalue weighted by Crippen LogP contribution is -2.39. The molecule has 0 aliphatic rings. The number of hydrogen-bond acceptors (Lipinski definition) is 4. The number of urea groups is 1. The number of ether oxygens (including phenoxy) is 2. The van der Waals surface area contributed by atoms with Crippen LogP contribution in [0.5, 0.6) is 5.75 Å². The van der Waals surface area contributed by atoms with E-state index in [9.17, 15) is 27.9 Å². The number of aryl methyl sites for hydroxylation is 1. The maximum atomic E-state index is 13.5. The average Bonchev–Trinajstić information content (AvgIpc) is 2.95. The second-order valence-corrected chi connectivity index (χ2v) is 9.38. The summed E-state index contributed by atoms with van der Waals surface area (Å²) < 4.78 is 51.4. The smallest absolute Gasteiger partial charge is 0.418 e. The van der Waals surface area contributed by atoms with E-state index in [2.05, 4.69) is 5.32 Å². The van der Waals surface area contributed by atoms with Crippen molar-refractivity contribution in [3.63, 3.8) is 0 Å².